The minimum absolute atomic E-state index is 0.0786. The number of rotatable bonds is 7. The lowest BCUT2D eigenvalue weighted by Crippen LogP contribution is -2.31. The zero-order valence-electron chi connectivity index (χ0n) is 13.2. The Kier molecular flexibility index (Phi) is 5.28. The van der Waals surface area contributed by atoms with Crippen LogP contribution in [0.2, 0.25) is 0 Å². The molecular formula is C16H14FNO5S3. The summed E-state index contributed by atoms with van der Waals surface area (Å²) in [6.45, 7) is -0.423. The monoisotopic (exact) mass is 415 g/mol. The van der Waals surface area contributed by atoms with Crippen molar-refractivity contribution in [2.75, 3.05) is 6.54 Å². The van der Waals surface area contributed by atoms with Crippen LogP contribution < -0.4 is 4.72 Å². The molecule has 0 aliphatic carbocycles. The normalized spacial score (nSPS) is 13.6. The Morgan fingerprint density at radius 2 is 1.77 bits per heavy atom. The summed E-state index contributed by atoms with van der Waals surface area (Å²) in [5.74, 6) is -0.486. The lowest BCUT2D eigenvalue weighted by atomic mass is 10.3. The summed E-state index contributed by atoms with van der Waals surface area (Å²) < 4.78 is 71.2. The van der Waals surface area contributed by atoms with Gasteiger partial charge in [0, 0.05) is 6.54 Å². The average molecular weight is 415 g/mol. The molecule has 3 rings (SSSR count). The highest BCUT2D eigenvalue weighted by Gasteiger charge is 2.33. The molecule has 26 heavy (non-hydrogen) atoms. The molecule has 1 aromatic carbocycles. The number of halogens is 1. The van der Waals surface area contributed by atoms with E-state index in [2.05, 4.69) is 4.72 Å². The number of benzene rings is 1. The van der Waals surface area contributed by atoms with Crippen molar-refractivity contribution in [2.45, 2.75) is 14.4 Å². The van der Waals surface area contributed by atoms with Crippen LogP contribution in [0.5, 0.6) is 0 Å². The van der Waals surface area contributed by atoms with Gasteiger partial charge in [-0.25, -0.2) is 25.9 Å². The molecule has 0 fully saturated rings. The Morgan fingerprint density at radius 3 is 2.35 bits per heavy atom. The summed E-state index contributed by atoms with van der Waals surface area (Å²) in [6, 6.07) is 10.3. The second kappa shape index (κ2) is 7.31. The minimum Gasteiger partial charge on any atom is -0.468 e. The maximum absolute atomic E-state index is 13.1. The van der Waals surface area contributed by atoms with Crippen LogP contribution in [-0.4, -0.2) is 23.4 Å². The summed E-state index contributed by atoms with van der Waals surface area (Å²) in [4.78, 5) is -0.129. The third kappa shape index (κ3) is 3.88. The molecule has 2 aromatic heterocycles. The molecule has 0 bridgehead atoms. The minimum atomic E-state index is -4.02. The molecule has 0 aliphatic heterocycles. The van der Waals surface area contributed by atoms with Crippen molar-refractivity contribution in [3.8, 4) is 0 Å². The summed E-state index contributed by atoms with van der Waals surface area (Å²) in [5, 5.41) is 0.311. The van der Waals surface area contributed by atoms with Crippen LogP contribution in [0, 0.1) is 5.82 Å². The zero-order chi connectivity index (χ0) is 18.8. The summed E-state index contributed by atoms with van der Waals surface area (Å²) >= 11 is 1.02. The highest BCUT2D eigenvalue weighted by Crippen LogP contribution is 2.29. The van der Waals surface area contributed by atoms with E-state index in [1.165, 1.54) is 24.5 Å². The van der Waals surface area contributed by atoms with Gasteiger partial charge in [0.15, 0.2) is 9.84 Å². The first kappa shape index (κ1) is 18.8. The van der Waals surface area contributed by atoms with Crippen LogP contribution >= 0.6 is 11.3 Å². The Hall–Kier alpha value is -2.01. The fraction of sp³-hybridized carbons (Fsp3) is 0.125. The molecule has 3 aromatic rings. The van der Waals surface area contributed by atoms with Crippen molar-refractivity contribution in [1.29, 1.82) is 0 Å². The van der Waals surface area contributed by atoms with E-state index in [-0.39, 0.29) is 14.9 Å². The number of thiophene rings is 1. The summed E-state index contributed by atoms with van der Waals surface area (Å²) in [5.41, 5.74) is 0. The Balaban J connectivity index is 1.93. The molecule has 0 radical (unpaired) electrons. The molecule has 0 amide bonds. The second-order valence-electron chi connectivity index (χ2n) is 5.29. The van der Waals surface area contributed by atoms with Gasteiger partial charge in [-0.05, 0) is 47.8 Å². The first-order valence-electron chi connectivity index (χ1n) is 7.37. The van der Waals surface area contributed by atoms with Crippen LogP contribution in [0.15, 0.2) is 73.7 Å². The van der Waals surface area contributed by atoms with Crippen LogP contribution in [0.1, 0.15) is 11.0 Å². The van der Waals surface area contributed by atoms with E-state index >= 15 is 0 Å². The van der Waals surface area contributed by atoms with Gasteiger partial charge in [0.05, 0.1) is 11.2 Å². The predicted molar refractivity (Wildman–Crippen MR) is 94.5 cm³/mol. The van der Waals surface area contributed by atoms with E-state index in [9.17, 15) is 21.2 Å². The number of hydrogen-bond donors (Lipinski definition) is 1. The molecule has 1 atom stereocenters. The largest absolute Gasteiger partial charge is 0.468 e. The number of sulfonamides is 1. The standard InChI is InChI=1S/C16H14FNO5S3/c17-12-5-7-13(8-6-12)25(19,20)15(14-3-1-9-23-14)11-18-26(21,22)16-4-2-10-24-16/h1-10,15,18H,11H2/t15-/m1/s1. The van der Waals surface area contributed by atoms with Gasteiger partial charge >= 0.3 is 0 Å². The van der Waals surface area contributed by atoms with Gasteiger partial charge in [0.2, 0.25) is 10.0 Å². The lowest BCUT2D eigenvalue weighted by Gasteiger charge is -2.16. The topological polar surface area (TPSA) is 93.4 Å². The van der Waals surface area contributed by atoms with Crippen molar-refractivity contribution in [1.82, 2.24) is 4.72 Å². The van der Waals surface area contributed by atoms with E-state index in [1.807, 2.05) is 0 Å². The predicted octanol–water partition coefficient (Wildman–Crippen LogP) is 2.97. The molecule has 138 valence electrons. The van der Waals surface area contributed by atoms with Gasteiger partial charge in [-0.2, -0.15) is 0 Å². The third-order valence-corrected chi connectivity index (χ3v) is 8.49. The number of hydrogen-bond acceptors (Lipinski definition) is 6. The van der Waals surface area contributed by atoms with Gasteiger partial charge in [-0.15, -0.1) is 11.3 Å². The van der Waals surface area contributed by atoms with Gasteiger partial charge in [0.1, 0.15) is 21.0 Å². The molecule has 0 spiro atoms. The third-order valence-electron chi connectivity index (χ3n) is 3.60. The van der Waals surface area contributed by atoms with E-state index in [4.69, 9.17) is 4.42 Å². The number of furan rings is 1. The van der Waals surface area contributed by atoms with Crippen molar-refractivity contribution in [3.63, 3.8) is 0 Å². The molecule has 0 aliphatic rings. The Morgan fingerprint density at radius 1 is 1.04 bits per heavy atom. The maximum atomic E-state index is 13.1. The maximum Gasteiger partial charge on any atom is 0.250 e. The first-order valence-corrected chi connectivity index (χ1v) is 11.3. The summed E-state index contributed by atoms with van der Waals surface area (Å²) in [6.07, 6.45) is 1.30. The number of sulfone groups is 1. The van der Waals surface area contributed by atoms with E-state index in [0.717, 1.165) is 35.6 Å². The number of nitrogens with one attached hydrogen (secondary N) is 1. The van der Waals surface area contributed by atoms with Crippen molar-refractivity contribution < 1.29 is 25.6 Å². The molecule has 1 N–H and O–H groups in total. The van der Waals surface area contributed by atoms with E-state index < -0.39 is 37.5 Å². The Labute approximate surface area is 154 Å². The molecule has 0 saturated heterocycles. The van der Waals surface area contributed by atoms with Crippen LogP contribution in [0.3, 0.4) is 0 Å². The molecule has 0 saturated carbocycles. The summed E-state index contributed by atoms with van der Waals surface area (Å²) in [7, 11) is -7.87. The van der Waals surface area contributed by atoms with Crippen molar-refractivity contribution >= 4 is 31.2 Å². The zero-order valence-corrected chi connectivity index (χ0v) is 15.7. The van der Waals surface area contributed by atoms with Gasteiger partial charge < -0.3 is 4.42 Å². The fourth-order valence-corrected chi connectivity index (χ4v) is 6.08. The van der Waals surface area contributed by atoms with Gasteiger partial charge in [-0.1, -0.05) is 6.07 Å². The fourth-order valence-electron chi connectivity index (χ4n) is 2.30. The molecule has 10 heteroatoms. The molecule has 0 unspecified atom stereocenters. The molecule has 2 heterocycles. The van der Waals surface area contributed by atoms with Gasteiger partial charge in [-0.3, -0.25) is 0 Å². The first-order chi connectivity index (χ1) is 12.3. The molecular weight excluding hydrogens is 401 g/mol. The van der Waals surface area contributed by atoms with Crippen LogP contribution in [0.25, 0.3) is 0 Å². The van der Waals surface area contributed by atoms with Crippen LogP contribution in [-0.2, 0) is 19.9 Å². The van der Waals surface area contributed by atoms with Crippen molar-refractivity contribution in [3.05, 3.63) is 71.8 Å². The van der Waals surface area contributed by atoms with Crippen molar-refractivity contribution in [2.24, 2.45) is 0 Å². The lowest BCUT2D eigenvalue weighted by molar-refractivity contribution is 0.486. The van der Waals surface area contributed by atoms with Gasteiger partial charge in [0.25, 0.3) is 0 Å². The van der Waals surface area contributed by atoms with Crippen LogP contribution in [0.4, 0.5) is 4.39 Å². The highest BCUT2D eigenvalue weighted by atomic mass is 32.2. The highest BCUT2D eigenvalue weighted by molar-refractivity contribution is 7.92. The quantitative estimate of drug-likeness (QED) is 0.599. The second-order valence-corrected chi connectivity index (χ2v) is 10.4. The van der Waals surface area contributed by atoms with E-state index in [1.54, 1.807) is 11.4 Å². The Bertz CT molecular complexity index is 1060. The SMILES string of the molecule is O=S(=O)(NC[C@H](c1ccco1)S(=O)(=O)c1ccc(F)cc1)c1cccs1. The molecule has 6 nitrogen and oxygen atoms in total. The van der Waals surface area contributed by atoms with E-state index in [0.29, 0.717) is 0 Å². The average Bonchev–Trinajstić information content (AvgIpc) is 3.29. The smallest absolute Gasteiger partial charge is 0.250 e.